The molecule has 1 aromatic carbocycles. The zero-order valence-corrected chi connectivity index (χ0v) is 8.78. The van der Waals surface area contributed by atoms with Crippen LogP contribution in [0.4, 0.5) is 4.39 Å². The topological polar surface area (TPSA) is 70.0 Å². The van der Waals surface area contributed by atoms with Crippen LogP contribution in [0, 0.1) is 23.1 Å². The van der Waals surface area contributed by atoms with Gasteiger partial charge in [-0.3, -0.25) is 0 Å². The molecule has 1 aromatic rings. The molecule has 16 heavy (non-hydrogen) atoms. The van der Waals surface area contributed by atoms with Gasteiger partial charge < -0.3 is 10.8 Å². The molecular formula is C12H13FN2O. The Morgan fingerprint density at radius 2 is 2.19 bits per heavy atom. The van der Waals surface area contributed by atoms with Crippen molar-refractivity contribution in [3.8, 4) is 11.8 Å². The highest BCUT2D eigenvalue weighted by Gasteiger charge is 2.28. The molecule has 1 fully saturated rings. The van der Waals surface area contributed by atoms with Crippen molar-refractivity contribution in [1.29, 1.82) is 5.26 Å². The molecule has 0 bridgehead atoms. The minimum absolute atomic E-state index is 0.304. The van der Waals surface area contributed by atoms with Crippen molar-refractivity contribution in [3.05, 3.63) is 29.1 Å². The van der Waals surface area contributed by atoms with E-state index < -0.39 is 5.82 Å². The molecule has 1 atom stereocenters. The fraction of sp³-hybridized carbons (Fsp3) is 0.417. The van der Waals surface area contributed by atoms with Crippen LogP contribution in [-0.2, 0) is 0 Å². The standard InChI is InChI=1S/C12H13FN2O/c13-10-5-4-8(12(16)9(10)6-14)11(15)7-2-1-3-7/h4-5,7,11,16H,1-3,15H2/t11-/m1/s1. The molecule has 4 heteroatoms. The number of nitrogens with zero attached hydrogens (tertiary/aromatic N) is 1. The van der Waals surface area contributed by atoms with Crippen LogP contribution in [0.2, 0.25) is 0 Å². The SMILES string of the molecule is N#Cc1c(F)ccc([C@H](N)C2CCC2)c1O. The fourth-order valence-electron chi connectivity index (χ4n) is 2.01. The van der Waals surface area contributed by atoms with Gasteiger partial charge >= 0.3 is 0 Å². The van der Waals surface area contributed by atoms with E-state index >= 15 is 0 Å². The number of nitriles is 1. The molecule has 0 radical (unpaired) electrons. The molecule has 2 rings (SSSR count). The molecular weight excluding hydrogens is 207 g/mol. The lowest BCUT2D eigenvalue weighted by atomic mass is 9.77. The van der Waals surface area contributed by atoms with Crippen molar-refractivity contribution in [3.63, 3.8) is 0 Å². The zero-order valence-electron chi connectivity index (χ0n) is 8.78. The smallest absolute Gasteiger partial charge is 0.144 e. The molecule has 0 heterocycles. The minimum atomic E-state index is -0.704. The number of aromatic hydroxyl groups is 1. The molecule has 0 aromatic heterocycles. The summed E-state index contributed by atoms with van der Waals surface area (Å²) in [6, 6.07) is 4.00. The summed E-state index contributed by atoms with van der Waals surface area (Å²) < 4.78 is 13.2. The van der Waals surface area contributed by atoms with E-state index in [2.05, 4.69) is 0 Å². The van der Waals surface area contributed by atoms with Crippen LogP contribution in [0.15, 0.2) is 12.1 Å². The van der Waals surface area contributed by atoms with Gasteiger partial charge in [0.2, 0.25) is 0 Å². The lowest BCUT2D eigenvalue weighted by Crippen LogP contribution is -2.27. The summed E-state index contributed by atoms with van der Waals surface area (Å²) in [6.45, 7) is 0. The van der Waals surface area contributed by atoms with E-state index in [4.69, 9.17) is 11.0 Å². The Balaban J connectivity index is 2.38. The largest absolute Gasteiger partial charge is 0.506 e. The average molecular weight is 220 g/mol. The number of rotatable bonds is 2. The maximum absolute atomic E-state index is 13.2. The van der Waals surface area contributed by atoms with Crippen molar-refractivity contribution in [2.24, 2.45) is 11.7 Å². The minimum Gasteiger partial charge on any atom is -0.506 e. The second-order valence-electron chi connectivity index (χ2n) is 4.19. The van der Waals surface area contributed by atoms with Crippen molar-refractivity contribution in [2.75, 3.05) is 0 Å². The second-order valence-corrected chi connectivity index (χ2v) is 4.19. The van der Waals surface area contributed by atoms with Crippen molar-refractivity contribution in [1.82, 2.24) is 0 Å². The highest BCUT2D eigenvalue weighted by Crippen LogP contribution is 2.40. The number of nitrogens with two attached hydrogens (primary N) is 1. The van der Waals surface area contributed by atoms with E-state index in [1.54, 1.807) is 6.07 Å². The Bertz CT molecular complexity index is 449. The molecule has 1 saturated carbocycles. The normalized spacial score (nSPS) is 17.6. The summed E-state index contributed by atoms with van der Waals surface area (Å²) >= 11 is 0. The van der Waals surface area contributed by atoms with Crippen LogP contribution in [0.25, 0.3) is 0 Å². The Hall–Kier alpha value is -1.60. The maximum atomic E-state index is 13.2. The van der Waals surface area contributed by atoms with Crippen LogP contribution in [0.5, 0.6) is 5.75 Å². The summed E-state index contributed by atoms with van der Waals surface area (Å²) in [7, 11) is 0. The predicted octanol–water partition coefficient (Wildman–Crippen LogP) is 2.20. The molecule has 3 nitrogen and oxygen atoms in total. The highest BCUT2D eigenvalue weighted by atomic mass is 19.1. The summed E-state index contributed by atoms with van der Waals surface area (Å²) in [4.78, 5) is 0. The maximum Gasteiger partial charge on any atom is 0.144 e. The molecule has 0 saturated heterocycles. The molecule has 84 valence electrons. The Morgan fingerprint density at radius 3 is 2.69 bits per heavy atom. The van der Waals surface area contributed by atoms with Gasteiger partial charge in [0.15, 0.2) is 0 Å². The lowest BCUT2D eigenvalue weighted by molar-refractivity contribution is 0.260. The van der Waals surface area contributed by atoms with Gasteiger partial charge in [0.1, 0.15) is 23.2 Å². The van der Waals surface area contributed by atoms with Crippen molar-refractivity contribution >= 4 is 0 Å². The number of phenols is 1. The highest BCUT2D eigenvalue weighted by molar-refractivity contribution is 5.49. The molecule has 3 N–H and O–H groups in total. The van der Waals surface area contributed by atoms with Crippen LogP contribution in [0.1, 0.15) is 36.4 Å². The Kier molecular flexibility index (Phi) is 2.80. The van der Waals surface area contributed by atoms with Crippen LogP contribution in [0.3, 0.4) is 0 Å². The molecule has 1 aliphatic carbocycles. The van der Waals surface area contributed by atoms with Gasteiger partial charge in [0.05, 0.1) is 0 Å². The summed E-state index contributed by atoms with van der Waals surface area (Å²) in [5, 5.41) is 18.5. The van der Waals surface area contributed by atoms with Crippen molar-refractivity contribution in [2.45, 2.75) is 25.3 Å². The van der Waals surface area contributed by atoms with Gasteiger partial charge in [-0.25, -0.2) is 4.39 Å². The van der Waals surface area contributed by atoms with E-state index in [0.717, 1.165) is 19.3 Å². The van der Waals surface area contributed by atoms with Crippen molar-refractivity contribution < 1.29 is 9.50 Å². The molecule has 0 aliphatic heterocycles. The van der Waals surface area contributed by atoms with E-state index in [-0.39, 0.29) is 17.4 Å². The van der Waals surface area contributed by atoms with Gasteiger partial charge in [-0.05, 0) is 24.8 Å². The number of halogens is 1. The van der Waals surface area contributed by atoms with E-state index in [0.29, 0.717) is 11.5 Å². The number of hydrogen-bond donors (Lipinski definition) is 2. The van der Waals surface area contributed by atoms with Gasteiger partial charge in [-0.1, -0.05) is 12.5 Å². The summed E-state index contributed by atoms with van der Waals surface area (Å²) in [5.74, 6) is -0.672. The quantitative estimate of drug-likeness (QED) is 0.802. The number of benzene rings is 1. The Morgan fingerprint density at radius 1 is 1.50 bits per heavy atom. The van der Waals surface area contributed by atoms with Gasteiger partial charge in [0, 0.05) is 11.6 Å². The third-order valence-corrected chi connectivity index (χ3v) is 3.29. The zero-order chi connectivity index (χ0) is 11.7. The summed E-state index contributed by atoms with van der Waals surface area (Å²) in [6.07, 6.45) is 3.20. The molecule has 1 aliphatic rings. The van der Waals surface area contributed by atoms with Crippen LogP contribution < -0.4 is 5.73 Å². The monoisotopic (exact) mass is 220 g/mol. The van der Waals surface area contributed by atoms with Gasteiger partial charge in [-0.15, -0.1) is 0 Å². The van der Waals surface area contributed by atoms with E-state index in [1.807, 2.05) is 0 Å². The molecule has 0 amide bonds. The van der Waals surface area contributed by atoms with Crippen LogP contribution >= 0.6 is 0 Å². The van der Waals surface area contributed by atoms with Gasteiger partial charge in [0.25, 0.3) is 0 Å². The van der Waals surface area contributed by atoms with E-state index in [1.165, 1.54) is 12.1 Å². The molecule has 0 unspecified atom stereocenters. The first-order valence-electron chi connectivity index (χ1n) is 5.32. The first-order valence-corrected chi connectivity index (χ1v) is 5.32. The second kappa shape index (κ2) is 4.11. The third-order valence-electron chi connectivity index (χ3n) is 3.29. The molecule has 0 spiro atoms. The summed E-state index contributed by atoms with van der Waals surface area (Å²) in [5.41, 5.74) is 6.14. The first-order chi connectivity index (χ1) is 7.65. The Labute approximate surface area is 93.3 Å². The van der Waals surface area contributed by atoms with Crippen LogP contribution in [-0.4, -0.2) is 5.11 Å². The van der Waals surface area contributed by atoms with E-state index in [9.17, 15) is 9.50 Å². The predicted molar refractivity (Wildman–Crippen MR) is 57.0 cm³/mol. The first kappa shape index (κ1) is 10.9. The number of hydrogen-bond acceptors (Lipinski definition) is 3. The lowest BCUT2D eigenvalue weighted by Gasteiger charge is -2.31. The fourth-order valence-corrected chi connectivity index (χ4v) is 2.01. The van der Waals surface area contributed by atoms with Gasteiger partial charge in [-0.2, -0.15) is 5.26 Å². The average Bonchev–Trinajstić information content (AvgIpc) is 2.15. The number of phenolic OH excluding ortho intramolecular Hbond substituents is 1. The third kappa shape index (κ3) is 1.63.